The predicted molar refractivity (Wildman–Crippen MR) is 56.8 cm³/mol. The fourth-order valence-electron chi connectivity index (χ4n) is 1.46. The summed E-state index contributed by atoms with van der Waals surface area (Å²) in [5.74, 6) is 5.98. The van der Waals surface area contributed by atoms with Gasteiger partial charge in [-0.05, 0) is 6.92 Å². The average Bonchev–Trinajstić information content (AvgIpc) is 2.45. The number of rotatable bonds is 2. The predicted octanol–water partition coefficient (Wildman–Crippen LogP) is -0.160. The molecule has 1 rings (SSSR count). The molecule has 0 aromatic rings. The van der Waals surface area contributed by atoms with E-state index in [-0.39, 0.29) is 11.5 Å². The van der Waals surface area contributed by atoms with Gasteiger partial charge in [-0.1, -0.05) is 13.8 Å². The van der Waals surface area contributed by atoms with E-state index in [1.54, 1.807) is 0 Å². The van der Waals surface area contributed by atoms with Crippen molar-refractivity contribution in [3.8, 4) is 0 Å². The molecule has 0 aromatic heterocycles. The Labute approximate surface area is 85.1 Å². The van der Waals surface area contributed by atoms with E-state index in [1.807, 2.05) is 6.92 Å². The first kappa shape index (κ1) is 11.3. The van der Waals surface area contributed by atoms with Gasteiger partial charge in [0.1, 0.15) is 0 Å². The van der Waals surface area contributed by atoms with Crippen LogP contribution in [0.4, 0.5) is 0 Å². The van der Waals surface area contributed by atoms with Crippen LogP contribution in [0, 0.1) is 5.41 Å². The summed E-state index contributed by atoms with van der Waals surface area (Å²) in [5, 5.41) is 3.25. The molecule has 0 saturated carbocycles. The van der Waals surface area contributed by atoms with Crippen LogP contribution in [0.5, 0.6) is 0 Å². The molecule has 0 aromatic carbocycles. The second-order valence-electron chi connectivity index (χ2n) is 4.17. The molecular weight excluding hydrogens is 180 g/mol. The zero-order valence-corrected chi connectivity index (χ0v) is 9.13. The Morgan fingerprint density at radius 1 is 1.64 bits per heavy atom. The van der Waals surface area contributed by atoms with Gasteiger partial charge in [0.15, 0.2) is 0 Å². The first-order valence-electron chi connectivity index (χ1n) is 4.95. The van der Waals surface area contributed by atoms with Gasteiger partial charge in [-0.15, -0.1) is 0 Å². The van der Waals surface area contributed by atoms with Crippen LogP contribution in [0.2, 0.25) is 0 Å². The number of nitrogens with one attached hydrogen (secondary N) is 2. The highest BCUT2D eigenvalue weighted by Gasteiger charge is 2.36. The van der Waals surface area contributed by atoms with Crippen LogP contribution in [-0.4, -0.2) is 31.8 Å². The van der Waals surface area contributed by atoms with Gasteiger partial charge in [0.2, 0.25) is 5.96 Å². The fraction of sp³-hybridized carbons (Fsp3) is 0.889. The largest absolute Gasteiger partial charge is 0.379 e. The van der Waals surface area contributed by atoms with E-state index in [1.165, 1.54) is 0 Å². The maximum atomic E-state index is 5.41. The van der Waals surface area contributed by atoms with Gasteiger partial charge < -0.3 is 10.1 Å². The third-order valence-electron chi connectivity index (χ3n) is 2.47. The summed E-state index contributed by atoms with van der Waals surface area (Å²) in [6.07, 6.45) is 0. The van der Waals surface area contributed by atoms with Crippen molar-refractivity contribution in [1.82, 2.24) is 10.7 Å². The Bertz CT molecular complexity index is 215. The lowest BCUT2D eigenvalue weighted by Crippen LogP contribution is -2.51. The SMILES string of the molecule is CCN=C(NN)NC1COCC1(C)C. The van der Waals surface area contributed by atoms with E-state index in [2.05, 4.69) is 29.6 Å². The van der Waals surface area contributed by atoms with Crippen LogP contribution in [0.25, 0.3) is 0 Å². The molecule has 1 unspecified atom stereocenters. The quantitative estimate of drug-likeness (QED) is 0.251. The number of hydrazine groups is 1. The average molecular weight is 200 g/mol. The lowest BCUT2D eigenvalue weighted by atomic mass is 9.88. The number of hydrogen-bond acceptors (Lipinski definition) is 3. The highest BCUT2D eigenvalue weighted by Crippen LogP contribution is 2.26. The van der Waals surface area contributed by atoms with Crippen LogP contribution < -0.4 is 16.6 Å². The van der Waals surface area contributed by atoms with E-state index in [0.717, 1.165) is 6.61 Å². The molecule has 1 aliphatic rings. The lowest BCUT2D eigenvalue weighted by Gasteiger charge is -2.26. The van der Waals surface area contributed by atoms with Crippen molar-refractivity contribution in [3.63, 3.8) is 0 Å². The van der Waals surface area contributed by atoms with Crippen molar-refractivity contribution in [2.45, 2.75) is 26.8 Å². The lowest BCUT2D eigenvalue weighted by molar-refractivity contribution is 0.166. The van der Waals surface area contributed by atoms with E-state index in [0.29, 0.717) is 19.1 Å². The summed E-state index contributed by atoms with van der Waals surface area (Å²) >= 11 is 0. The molecule has 1 atom stereocenters. The van der Waals surface area contributed by atoms with Crippen molar-refractivity contribution in [2.24, 2.45) is 16.3 Å². The number of ether oxygens (including phenoxy) is 1. The summed E-state index contributed by atoms with van der Waals surface area (Å²) in [4.78, 5) is 4.19. The van der Waals surface area contributed by atoms with Gasteiger partial charge in [0, 0.05) is 12.0 Å². The third-order valence-corrected chi connectivity index (χ3v) is 2.47. The fourth-order valence-corrected chi connectivity index (χ4v) is 1.46. The maximum absolute atomic E-state index is 5.41. The molecule has 82 valence electrons. The van der Waals surface area contributed by atoms with E-state index in [9.17, 15) is 0 Å². The van der Waals surface area contributed by atoms with Crippen molar-refractivity contribution >= 4 is 5.96 Å². The van der Waals surface area contributed by atoms with Crippen molar-refractivity contribution in [3.05, 3.63) is 0 Å². The van der Waals surface area contributed by atoms with E-state index >= 15 is 0 Å². The van der Waals surface area contributed by atoms with Crippen LogP contribution in [0.3, 0.4) is 0 Å². The topological polar surface area (TPSA) is 71.7 Å². The molecule has 0 radical (unpaired) electrons. The van der Waals surface area contributed by atoms with Gasteiger partial charge in [-0.2, -0.15) is 0 Å². The summed E-state index contributed by atoms with van der Waals surface area (Å²) in [5.41, 5.74) is 2.68. The highest BCUT2D eigenvalue weighted by molar-refractivity contribution is 5.79. The van der Waals surface area contributed by atoms with E-state index < -0.39 is 0 Å². The van der Waals surface area contributed by atoms with Crippen LogP contribution >= 0.6 is 0 Å². The van der Waals surface area contributed by atoms with Gasteiger partial charge in [-0.3, -0.25) is 10.4 Å². The Morgan fingerprint density at radius 2 is 2.36 bits per heavy atom. The molecule has 1 heterocycles. The number of nitrogens with two attached hydrogens (primary N) is 1. The minimum absolute atomic E-state index is 0.130. The Hall–Kier alpha value is -0.810. The first-order chi connectivity index (χ1) is 6.60. The highest BCUT2D eigenvalue weighted by atomic mass is 16.5. The maximum Gasteiger partial charge on any atom is 0.206 e. The molecule has 5 heteroatoms. The minimum Gasteiger partial charge on any atom is -0.379 e. The smallest absolute Gasteiger partial charge is 0.206 e. The summed E-state index contributed by atoms with van der Waals surface area (Å²) in [6, 6.07) is 0.267. The Balaban J connectivity index is 2.54. The Morgan fingerprint density at radius 3 is 2.79 bits per heavy atom. The van der Waals surface area contributed by atoms with Crippen LogP contribution in [0.1, 0.15) is 20.8 Å². The van der Waals surface area contributed by atoms with E-state index in [4.69, 9.17) is 10.6 Å². The molecular formula is C9H20N4O. The number of nitrogens with zero attached hydrogens (tertiary/aromatic N) is 1. The summed E-state index contributed by atoms with van der Waals surface area (Å²) in [6.45, 7) is 8.48. The van der Waals surface area contributed by atoms with Crippen LogP contribution in [0.15, 0.2) is 4.99 Å². The van der Waals surface area contributed by atoms with Gasteiger partial charge >= 0.3 is 0 Å². The second-order valence-corrected chi connectivity index (χ2v) is 4.17. The molecule has 5 nitrogen and oxygen atoms in total. The minimum atomic E-state index is 0.130. The second kappa shape index (κ2) is 4.61. The van der Waals surface area contributed by atoms with Crippen LogP contribution in [-0.2, 0) is 4.74 Å². The third kappa shape index (κ3) is 2.59. The standard InChI is InChI=1S/C9H20N4O/c1-4-11-8(13-10)12-7-5-14-6-9(7,2)3/h7H,4-6,10H2,1-3H3,(H2,11,12,13). The molecule has 1 fully saturated rings. The normalized spacial score (nSPS) is 26.3. The number of aliphatic imine (C=N–C) groups is 1. The van der Waals surface area contributed by atoms with Crippen molar-refractivity contribution in [2.75, 3.05) is 19.8 Å². The molecule has 0 bridgehead atoms. The first-order valence-corrected chi connectivity index (χ1v) is 4.95. The zero-order valence-electron chi connectivity index (χ0n) is 9.13. The Kier molecular flexibility index (Phi) is 3.71. The molecule has 0 spiro atoms. The summed E-state index contributed by atoms with van der Waals surface area (Å²) in [7, 11) is 0. The molecule has 1 aliphatic heterocycles. The van der Waals surface area contributed by atoms with Gasteiger partial charge in [0.25, 0.3) is 0 Å². The molecule has 0 aliphatic carbocycles. The summed E-state index contributed by atoms with van der Waals surface area (Å²) < 4.78 is 5.41. The molecule has 1 saturated heterocycles. The van der Waals surface area contributed by atoms with Gasteiger partial charge in [-0.25, -0.2) is 5.84 Å². The molecule has 4 N–H and O–H groups in total. The van der Waals surface area contributed by atoms with Gasteiger partial charge in [0.05, 0.1) is 19.3 Å². The zero-order chi connectivity index (χ0) is 10.6. The number of hydrogen-bond donors (Lipinski definition) is 3. The molecule has 14 heavy (non-hydrogen) atoms. The van der Waals surface area contributed by atoms with Crippen molar-refractivity contribution < 1.29 is 4.74 Å². The van der Waals surface area contributed by atoms with Crippen molar-refractivity contribution in [1.29, 1.82) is 0 Å². The molecule has 0 amide bonds. The monoisotopic (exact) mass is 200 g/mol. The number of guanidine groups is 1.